The van der Waals surface area contributed by atoms with Crippen LogP contribution in [0.5, 0.6) is 11.5 Å². The van der Waals surface area contributed by atoms with E-state index in [-0.39, 0.29) is 12.1 Å². The second-order valence-corrected chi connectivity index (χ2v) is 6.84. The average molecular weight is 404 g/mol. The van der Waals surface area contributed by atoms with Gasteiger partial charge in [-0.2, -0.15) is 0 Å². The molecule has 158 valence electrons. The molecule has 0 radical (unpaired) electrons. The molecule has 1 heterocycles. The highest BCUT2D eigenvalue weighted by Gasteiger charge is 2.21. The van der Waals surface area contributed by atoms with Crippen LogP contribution < -0.4 is 20.1 Å². The predicted octanol–water partition coefficient (Wildman–Crippen LogP) is 2.59. The van der Waals surface area contributed by atoms with Crippen molar-refractivity contribution < 1.29 is 28.6 Å². The number of benzene rings is 1. The Balaban J connectivity index is 1.91. The van der Waals surface area contributed by atoms with E-state index in [0.29, 0.717) is 17.9 Å². The molecule has 0 fully saturated rings. The smallest absolute Gasteiger partial charge is 0.331 e. The molecule has 2 N–H and O–H groups in total. The SMILES string of the molecule is CCOc1cc2c(cc1/C=C/C(=O)OCC(=O)NC(=O)N[C@H](C)CC)O[C@@H](C)C2. The lowest BCUT2D eigenvalue weighted by Crippen LogP contribution is -2.44. The lowest BCUT2D eigenvalue weighted by Gasteiger charge is -2.11. The fourth-order valence-corrected chi connectivity index (χ4v) is 2.73. The Bertz CT molecular complexity index is 790. The highest BCUT2D eigenvalue weighted by Crippen LogP contribution is 2.35. The summed E-state index contributed by atoms with van der Waals surface area (Å²) >= 11 is 0. The molecule has 1 aromatic rings. The molecule has 29 heavy (non-hydrogen) atoms. The maximum Gasteiger partial charge on any atom is 0.331 e. The number of esters is 1. The summed E-state index contributed by atoms with van der Waals surface area (Å²) in [5.41, 5.74) is 1.74. The number of rotatable bonds is 8. The second-order valence-electron chi connectivity index (χ2n) is 6.84. The first-order valence-corrected chi connectivity index (χ1v) is 9.73. The predicted molar refractivity (Wildman–Crippen MR) is 108 cm³/mol. The number of fused-ring (bicyclic) bond motifs is 1. The van der Waals surface area contributed by atoms with E-state index in [2.05, 4.69) is 10.6 Å². The molecular weight excluding hydrogens is 376 g/mol. The molecular formula is C21H28N2O6. The van der Waals surface area contributed by atoms with Crippen LogP contribution in [0.1, 0.15) is 45.2 Å². The quantitative estimate of drug-likeness (QED) is 0.510. The van der Waals surface area contributed by atoms with E-state index < -0.39 is 24.5 Å². The fraction of sp³-hybridized carbons (Fsp3) is 0.476. The highest BCUT2D eigenvalue weighted by molar-refractivity contribution is 5.96. The molecule has 8 heteroatoms. The summed E-state index contributed by atoms with van der Waals surface area (Å²) in [6, 6.07) is 3.05. The first kappa shape index (κ1) is 22.3. The van der Waals surface area contributed by atoms with E-state index in [9.17, 15) is 14.4 Å². The number of amides is 3. The van der Waals surface area contributed by atoms with Gasteiger partial charge in [-0.3, -0.25) is 10.1 Å². The van der Waals surface area contributed by atoms with E-state index in [1.165, 1.54) is 6.08 Å². The van der Waals surface area contributed by atoms with Gasteiger partial charge in [0.05, 0.1) is 6.61 Å². The van der Waals surface area contributed by atoms with E-state index in [4.69, 9.17) is 14.2 Å². The monoisotopic (exact) mass is 404 g/mol. The van der Waals surface area contributed by atoms with Crippen LogP contribution in [0.15, 0.2) is 18.2 Å². The first-order valence-electron chi connectivity index (χ1n) is 9.73. The number of hydrogen-bond acceptors (Lipinski definition) is 6. The van der Waals surface area contributed by atoms with Crippen molar-refractivity contribution in [2.45, 2.75) is 52.7 Å². The van der Waals surface area contributed by atoms with Gasteiger partial charge >= 0.3 is 12.0 Å². The summed E-state index contributed by atoms with van der Waals surface area (Å²) < 4.78 is 16.3. The Morgan fingerprint density at radius 3 is 2.76 bits per heavy atom. The zero-order valence-electron chi connectivity index (χ0n) is 17.2. The van der Waals surface area contributed by atoms with Gasteiger partial charge in [0, 0.05) is 29.7 Å². The first-order chi connectivity index (χ1) is 13.8. The van der Waals surface area contributed by atoms with Crippen molar-refractivity contribution in [3.63, 3.8) is 0 Å². The van der Waals surface area contributed by atoms with Crippen molar-refractivity contribution in [2.24, 2.45) is 0 Å². The molecule has 2 atom stereocenters. The summed E-state index contributed by atoms with van der Waals surface area (Å²) in [4.78, 5) is 35.2. The van der Waals surface area contributed by atoms with Crippen LogP contribution >= 0.6 is 0 Å². The summed E-state index contributed by atoms with van der Waals surface area (Å²) in [7, 11) is 0. The van der Waals surface area contributed by atoms with Crippen molar-refractivity contribution in [1.29, 1.82) is 0 Å². The molecule has 0 saturated heterocycles. The molecule has 0 bridgehead atoms. The molecule has 0 aliphatic carbocycles. The number of carbonyl (C=O) groups is 3. The number of urea groups is 1. The van der Waals surface area contributed by atoms with Gasteiger partial charge in [0.25, 0.3) is 5.91 Å². The molecule has 8 nitrogen and oxygen atoms in total. The largest absolute Gasteiger partial charge is 0.493 e. The van der Waals surface area contributed by atoms with Gasteiger partial charge in [0.1, 0.15) is 17.6 Å². The fourth-order valence-electron chi connectivity index (χ4n) is 2.73. The van der Waals surface area contributed by atoms with Gasteiger partial charge in [-0.1, -0.05) is 6.92 Å². The van der Waals surface area contributed by atoms with Crippen LogP contribution in [0.25, 0.3) is 6.08 Å². The Hall–Kier alpha value is -3.03. The third-order valence-corrected chi connectivity index (χ3v) is 4.32. The van der Waals surface area contributed by atoms with Gasteiger partial charge in [-0.25, -0.2) is 9.59 Å². The Kier molecular flexibility index (Phi) is 8.06. The zero-order valence-corrected chi connectivity index (χ0v) is 17.2. The normalized spacial score (nSPS) is 15.9. The topological polar surface area (TPSA) is 103 Å². The maximum atomic E-state index is 11.9. The molecule has 0 unspecified atom stereocenters. The minimum Gasteiger partial charge on any atom is -0.493 e. The second kappa shape index (κ2) is 10.5. The maximum absolute atomic E-state index is 11.9. The average Bonchev–Trinajstić information content (AvgIpc) is 3.03. The van der Waals surface area contributed by atoms with Crippen LogP contribution in [-0.2, 0) is 20.7 Å². The zero-order chi connectivity index (χ0) is 21.4. The molecule has 0 spiro atoms. The van der Waals surface area contributed by atoms with Crippen molar-refractivity contribution in [3.05, 3.63) is 29.3 Å². The van der Waals surface area contributed by atoms with Gasteiger partial charge in [0.2, 0.25) is 0 Å². The Morgan fingerprint density at radius 2 is 2.07 bits per heavy atom. The third kappa shape index (κ3) is 6.81. The van der Waals surface area contributed by atoms with E-state index >= 15 is 0 Å². The van der Waals surface area contributed by atoms with Crippen LogP contribution in [0.2, 0.25) is 0 Å². The van der Waals surface area contributed by atoms with Crippen molar-refractivity contribution in [1.82, 2.24) is 10.6 Å². The molecule has 1 aromatic carbocycles. The minimum absolute atomic E-state index is 0.0629. The molecule has 1 aliphatic rings. The van der Waals surface area contributed by atoms with Crippen molar-refractivity contribution in [2.75, 3.05) is 13.2 Å². The molecule has 2 rings (SSSR count). The summed E-state index contributed by atoms with van der Waals surface area (Å²) in [5.74, 6) is -0.00433. The molecule has 1 aliphatic heterocycles. The number of hydrogen-bond donors (Lipinski definition) is 2. The van der Waals surface area contributed by atoms with Crippen LogP contribution in [-0.4, -0.2) is 43.3 Å². The standard InChI is InChI=1S/C21H28N2O6/c1-5-13(3)22-21(26)23-19(24)12-28-20(25)8-7-15-10-18-16(9-14(4)29-18)11-17(15)27-6-2/h7-8,10-11,13-14H,5-6,9,12H2,1-4H3,(H2,22,23,24,26)/b8-7+/t13-,14+/m1/s1. The number of carbonyl (C=O) groups excluding carboxylic acids is 3. The lowest BCUT2D eigenvalue weighted by molar-refractivity contribution is -0.143. The van der Waals surface area contributed by atoms with E-state index in [1.807, 2.05) is 39.8 Å². The van der Waals surface area contributed by atoms with Gasteiger partial charge in [-0.05, 0) is 45.4 Å². The summed E-state index contributed by atoms with van der Waals surface area (Å²) in [6.07, 6.45) is 4.39. The minimum atomic E-state index is -0.709. The molecule has 0 saturated carbocycles. The summed E-state index contributed by atoms with van der Waals surface area (Å²) in [6.45, 7) is 7.52. The Labute approximate surface area is 170 Å². The van der Waals surface area contributed by atoms with Crippen molar-refractivity contribution >= 4 is 24.0 Å². The van der Waals surface area contributed by atoms with Crippen molar-refractivity contribution in [3.8, 4) is 11.5 Å². The molecule has 3 amide bonds. The summed E-state index contributed by atoms with van der Waals surface area (Å²) in [5, 5.41) is 4.69. The number of nitrogens with one attached hydrogen (secondary N) is 2. The van der Waals surface area contributed by atoms with Gasteiger partial charge in [0.15, 0.2) is 6.61 Å². The van der Waals surface area contributed by atoms with Crippen LogP contribution in [0.3, 0.4) is 0 Å². The van der Waals surface area contributed by atoms with Crippen LogP contribution in [0, 0.1) is 0 Å². The molecule has 0 aromatic heterocycles. The van der Waals surface area contributed by atoms with E-state index in [1.54, 1.807) is 6.08 Å². The number of imide groups is 1. The number of ether oxygens (including phenoxy) is 3. The van der Waals surface area contributed by atoms with E-state index in [0.717, 1.165) is 24.2 Å². The Morgan fingerprint density at radius 1 is 1.31 bits per heavy atom. The highest BCUT2D eigenvalue weighted by atomic mass is 16.5. The lowest BCUT2D eigenvalue weighted by atomic mass is 10.1. The van der Waals surface area contributed by atoms with Gasteiger partial charge in [-0.15, -0.1) is 0 Å². The van der Waals surface area contributed by atoms with Gasteiger partial charge < -0.3 is 19.5 Å². The third-order valence-electron chi connectivity index (χ3n) is 4.32. The van der Waals surface area contributed by atoms with Crippen LogP contribution in [0.4, 0.5) is 4.79 Å².